The predicted molar refractivity (Wildman–Crippen MR) is 78.8 cm³/mol. The molecule has 1 unspecified atom stereocenters. The summed E-state index contributed by atoms with van der Waals surface area (Å²) in [5, 5.41) is 0. The molecule has 1 aliphatic carbocycles. The van der Waals surface area contributed by atoms with Crippen molar-refractivity contribution >= 4 is 5.78 Å². The van der Waals surface area contributed by atoms with Crippen molar-refractivity contribution in [3.63, 3.8) is 0 Å². The van der Waals surface area contributed by atoms with Gasteiger partial charge >= 0.3 is 0 Å². The van der Waals surface area contributed by atoms with Crippen LogP contribution in [0.2, 0.25) is 0 Å². The molecule has 102 valence electrons. The minimum absolute atomic E-state index is 0.388. The fraction of sp³-hybridized carbons (Fsp3) is 0.278. The summed E-state index contributed by atoms with van der Waals surface area (Å²) in [5.41, 5.74) is 2.42. The van der Waals surface area contributed by atoms with Crippen LogP contribution in [0.3, 0.4) is 0 Å². The number of rotatable bonds is 4. The lowest BCUT2D eigenvalue weighted by Crippen LogP contribution is -1.97. The Labute approximate surface area is 119 Å². The molecular formula is C18H18O2. The van der Waals surface area contributed by atoms with Gasteiger partial charge in [0.15, 0.2) is 0 Å². The van der Waals surface area contributed by atoms with E-state index in [-0.39, 0.29) is 0 Å². The first-order valence-electron chi connectivity index (χ1n) is 7.09. The van der Waals surface area contributed by atoms with Gasteiger partial charge in [-0.3, -0.25) is 4.79 Å². The molecule has 0 aliphatic heterocycles. The maximum Gasteiger partial charge on any atom is 0.133 e. The van der Waals surface area contributed by atoms with E-state index in [9.17, 15) is 4.79 Å². The number of hydrogen-bond acceptors (Lipinski definition) is 2. The van der Waals surface area contributed by atoms with Crippen LogP contribution in [0.4, 0.5) is 0 Å². The molecule has 2 aromatic carbocycles. The summed E-state index contributed by atoms with van der Waals surface area (Å²) < 4.78 is 5.76. The minimum atomic E-state index is 0.388. The van der Waals surface area contributed by atoms with Gasteiger partial charge in [-0.25, -0.2) is 0 Å². The summed E-state index contributed by atoms with van der Waals surface area (Å²) >= 11 is 0. The Morgan fingerprint density at radius 1 is 1.00 bits per heavy atom. The summed E-state index contributed by atoms with van der Waals surface area (Å²) in [6, 6.07) is 18.3. The zero-order valence-corrected chi connectivity index (χ0v) is 11.4. The number of carbonyl (C=O) groups excluding carboxylic acids is 1. The van der Waals surface area contributed by atoms with Crippen molar-refractivity contribution in [1.29, 1.82) is 0 Å². The number of benzene rings is 2. The van der Waals surface area contributed by atoms with Crippen LogP contribution in [0.1, 0.15) is 36.3 Å². The summed E-state index contributed by atoms with van der Waals surface area (Å²) in [6.07, 6.45) is 2.42. The molecule has 1 aliphatic rings. The predicted octanol–water partition coefficient (Wildman–Crippen LogP) is 4.10. The maximum absolute atomic E-state index is 11.3. The summed E-state index contributed by atoms with van der Waals surface area (Å²) in [7, 11) is 0. The van der Waals surface area contributed by atoms with Gasteiger partial charge in [0.25, 0.3) is 0 Å². The van der Waals surface area contributed by atoms with E-state index < -0.39 is 0 Å². The quantitative estimate of drug-likeness (QED) is 0.832. The fourth-order valence-corrected chi connectivity index (χ4v) is 2.68. The Bertz CT molecular complexity index is 572. The van der Waals surface area contributed by atoms with Gasteiger partial charge in [0.1, 0.15) is 18.1 Å². The van der Waals surface area contributed by atoms with E-state index in [1.807, 2.05) is 30.3 Å². The number of Topliss-reactive ketones (excluding diaryl/α,β-unsaturated/α-hetero) is 1. The van der Waals surface area contributed by atoms with E-state index in [4.69, 9.17) is 4.74 Å². The van der Waals surface area contributed by atoms with E-state index in [1.165, 1.54) is 5.56 Å². The Morgan fingerprint density at radius 2 is 1.75 bits per heavy atom. The third-order valence-corrected chi connectivity index (χ3v) is 3.85. The van der Waals surface area contributed by atoms with Crippen LogP contribution in [0.5, 0.6) is 5.75 Å². The first-order chi connectivity index (χ1) is 9.81. The Hall–Kier alpha value is -2.09. The Morgan fingerprint density at radius 3 is 2.40 bits per heavy atom. The highest BCUT2D eigenvalue weighted by atomic mass is 16.5. The normalized spacial score (nSPS) is 18.2. The molecule has 0 bridgehead atoms. The summed E-state index contributed by atoms with van der Waals surface area (Å²) in [6.45, 7) is 0.585. The number of ketones is 1. The molecule has 1 atom stereocenters. The van der Waals surface area contributed by atoms with Crippen LogP contribution >= 0.6 is 0 Å². The van der Waals surface area contributed by atoms with Crippen molar-refractivity contribution in [3.05, 3.63) is 65.7 Å². The van der Waals surface area contributed by atoms with Gasteiger partial charge in [-0.15, -0.1) is 0 Å². The molecule has 0 N–H and O–H groups in total. The molecule has 2 heteroatoms. The smallest absolute Gasteiger partial charge is 0.133 e. The van der Waals surface area contributed by atoms with E-state index in [0.29, 0.717) is 24.7 Å². The van der Waals surface area contributed by atoms with E-state index in [2.05, 4.69) is 24.3 Å². The van der Waals surface area contributed by atoms with Crippen LogP contribution < -0.4 is 4.74 Å². The molecule has 1 saturated carbocycles. The molecule has 1 fully saturated rings. The minimum Gasteiger partial charge on any atom is -0.489 e. The first kappa shape index (κ1) is 12.9. The van der Waals surface area contributed by atoms with E-state index >= 15 is 0 Å². The van der Waals surface area contributed by atoms with Gasteiger partial charge in [0, 0.05) is 12.8 Å². The van der Waals surface area contributed by atoms with Gasteiger partial charge in [0.05, 0.1) is 0 Å². The molecular weight excluding hydrogens is 248 g/mol. The lowest BCUT2D eigenvalue weighted by molar-refractivity contribution is -0.117. The second-order valence-corrected chi connectivity index (χ2v) is 5.32. The molecule has 0 radical (unpaired) electrons. The van der Waals surface area contributed by atoms with Crippen molar-refractivity contribution in [1.82, 2.24) is 0 Å². The van der Waals surface area contributed by atoms with E-state index in [0.717, 1.165) is 24.2 Å². The molecule has 0 spiro atoms. The van der Waals surface area contributed by atoms with Crippen LogP contribution in [0, 0.1) is 0 Å². The van der Waals surface area contributed by atoms with Crippen molar-refractivity contribution in [2.24, 2.45) is 0 Å². The second kappa shape index (κ2) is 5.91. The number of carbonyl (C=O) groups is 1. The lowest BCUT2D eigenvalue weighted by Gasteiger charge is -2.10. The average molecular weight is 266 g/mol. The van der Waals surface area contributed by atoms with E-state index in [1.54, 1.807) is 0 Å². The van der Waals surface area contributed by atoms with Crippen LogP contribution in [0.15, 0.2) is 54.6 Å². The Balaban J connectivity index is 1.60. The van der Waals surface area contributed by atoms with Gasteiger partial charge in [-0.2, -0.15) is 0 Å². The third-order valence-electron chi connectivity index (χ3n) is 3.85. The van der Waals surface area contributed by atoms with Crippen LogP contribution in [-0.2, 0) is 11.4 Å². The zero-order valence-electron chi connectivity index (χ0n) is 11.4. The van der Waals surface area contributed by atoms with Crippen molar-refractivity contribution in [2.75, 3.05) is 0 Å². The molecule has 2 aromatic rings. The van der Waals surface area contributed by atoms with Crippen LogP contribution in [-0.4, -0.2) is 5.78 Å². The first-order valence-corrected chi connectivity index (χ1v) is 7.09. The third kappa shape index (κ3) is 3.08. The molecule has 0 heterocycles. The standard InChI is InChI=1S/C18H18O2/c19-17-9-6-16(12-17)15-7-10-18(11-8-15)20-13-14-4-2-1-3-5-14/h1-5,7-8,10-11,16H,6,9,12-13H2. The highest BCUT2D eigenvalue weighted by Crippen LogP contribution is 2.32. The van der Waals surface area contributed by atoms with Crippen molar-refractivity contribution < 1.29 is 9.53 Å². The fourth-order valence-electron chi connectivity index (χ4n) is 2.68. The van der Waals surface area contributed by atoms with Gasteiger partial charge in [0.2, 0.25) is 0 Å². The molecule has 3 rings (SSSR count). The van der Waals surface area contributed by atoms with Gasteiger partial charge < -0.3 is 4.74 Å². The van der Waals surface area contributed by atoms with Crippen molar-refractivity contribution in [2.45, 2.75) is 31.8 Å². The maximum atomic E-state index is 11.3. The Kier molecular flexibility index (Phi) is 3.82. The topological polar surface area (TPSA) is 26.3 Å². The highest BCUT2D eigenvalue weighted by molar-refractivity contribution is 5.81. The van der Waals surface area contributed by atoms with Gasteiger partial charge in [-0.05, 0) is 35.6 Å². The second-order valence-electron chi connectivity index (χ2n) is 5.32. The molecule has 0 aromatic heterocycles. The summed E-state index contributed by atoms with van der Waals surface area (Å²) in [5.74, 6) is 1.67. The zero-order chi connectivity index (χ0) is 13.8. The van der Waals surface area contributed by atoms with Crippen LogP contribution in [0.25, 0.3) is 0 Å². The number of hydrogen-bond donors (Lipinski definition) is 0. The lowest BCUT2D eigenvalue weighted by atomic mass is 9.98. The summed E-state index contributed by atoms with van der Waals surface area (Å²) in [4.78, 5) is 11.3. The largest absolute Gasteiger partial charge is 0.489 e. The average Bonchev–Trinajstić information content (AvgIpc) is 2.93. The SMILES string of the molecule is O=C1CCC(c2ccc(OCc3ccccc3)cc2)C1. The van der Waals surface area contributed by atoms with Crippen molar-refractivity contribution in [3.8, 4) is 5.75 Å². The van der Waals surface area contributed by atoms with Gasteiger partial charge in [-0.1, -0.05) is 42.5 Å². The molecule has 0 saturated heterocycles. The highest BCUT2D eigenvalue weighted by Gasteiger charge is 2.23. The molecule has 2 nitrogen and oxygen atoms in total. The molecule has 0 amide bonds. The molecule has 20 heavy (non-hydrogen) atoms. The number of ether oxygens (including phenoxy) is 1. The monoisotopic (exact) mass is 266 g/mol.